The average molecular weight is 412 g/mol. The first-order valence-corrected chi connectivity index (χ1v) is 9.02. The molecule has 1 aromatic heterocycles. The Hall–Kier alpha value is -3.51. The van der Waals surface area contributed by atoms with Crippen LogP contribution >= 0.6 is 11.6 Å². The summed E-state index contributed by atoms with van der Waals surface area (Å²) in [6, 6.07) is 16.0. The zero-order valence-electron chi connectivity index (χ0n) is 15.5. The quantitative estimate of drug-likeness (QED) is 0.512. The van der Waals surface area contributed by atoms with Crippen molar-refractivity contribution in [3.63, 3.8) is 0 Å². The molecule has 0 saturated carbocycles. The Bertz CT molecular complexity index is 1020. The fourth-order valence-corrected chi connectivity index (χ4v) is 2.63. The smallest absolute Gasteiger partial charge is 0.328 e. The number of rotatable bonds is 8. The Morgan fingerprint density at radius 1 is 1.14 bits per heavy atom. The molecule has 0 spiro atoms. The number of ether oxygens (including phenoxy) is 3. The van der Waals surface area contributed by atoms with Crippen LogP contribution in [0.2, 0.25) is 5.02 Å². The van der Waals surface area contributed by atoms with E-state index in [0.29, 0.717) is 40.3 Å². The van der Waals surface area contributed by atoms with Crippen molar-refractivity contribution in [2.75, 3.05) is 7.11 Å². The number of carboxylic acids is 1. The molecule has 0 saturated heterocycles. The normalized spacial score (nSPS) is 10.7. The molecule has 3 aromatic rings. The Morgan fingerprint density at radius 3 is 2.66 bits per heavy atom. The number of nitrogens with zero attached hydrogens (tertiary/aromatic N) is 1. The zero-order valence-corrected chi connectivity index (χ0v) is 16.3. The molecule has 6 nitrogen and oxygen atoms in total. The van der Waals surface area contributed by atoms with E-state index in [9.17, 15) is 4.79 Å². The van der Waals surface area contributed by atoms with Crippen LogP contribution in [0.3, 0.4) is 0 Å². The highest BCUT2D eigenvalue weighted by Gasteiger charge is 2.08. The minimum absolute atomic E-state index is 0.334. The number of hydrogen-bond acceptors (Lipinski definition) is 5. The Morgan fingerprint density at radius 2 is 1.97 bits per heavy atom. The van der Waals surface area contributed by atoms with Gasteiger partial charge in [0.15, 0.2) is 11.5 Å². The number of aliphatic carboxylic acids is 1. The molecule has 0 amide bonds. The van der Waals surface area contributed by atoms with Gasteiger partial charge in [-0.1, -0.05) is 35.9 Å². The van der Waals surface area contributed by atoms with Gasteiger partial charge in [0, 0.05) is 22.7 Å². The van der Waals surface area contributed by atoms with E-state index >= 15 is 0 Å². The number of carboxylic acid groups (broad SMARTS) is 1. The van der Waals surface area contributed by atoms with Gasteiger partial charge in [-0.25, -0.2) is 9.78 Å². The Balaban J connectivity index is 1.66. The van der Waals surface area contributed by atoms with Gasteiger partial charge in [0.2, 0.25) is 5.88 Å². The Kier molecular flexibility index (Phi) is 6.71. The molecule has 0 aliphatic rings. The van der Waals surface area contributed by atoms with E-state index < -0.39 is 5.97 Å². The summed E-state index contributed by atoms with van der Waals surface area (Å²) in [6.07, 6.45) is 4.08. The molecule has 29 heavy (non-hydrogen) atoms. The highest BCUT2D eigenvalue weighted by molar-refractivity contribution is 6.31. The maximum absolute atomic E-state index is 10.6. The van der Waals surface area contributed by atoms with Crippen molar-refractivity contribution in [2.45, 2.75) is 6.61 Å². The van der Waals surface area contributed by atoms with Gasteiger partial charge in [0.1, 0.15) is 12.4 Å². The van der Waals surface area contributed by atoms with Crippen LogP contribution in [-0.4, -0.2) is 23.2 Å². The second-order valence-corrected chi connectivity index (χ2v) is 6.30. The summed E-state index contributed by atoms with van der Waals surface area (Å²) in [7, 11) is 1.51. The lowest BCUT2D eigenvalue weighted by Gasteiger charge is -2.11. The van der Waals surface area contributed by atoms with Crippen molar-refractivity contribution in [3.05, 3.63) is 83.0 Å². The summed E-state index contributed by atoms with van der Waals surface area (Å²) >= 11 is 6.12. The number of benzene rings is 2. The largest absolute Gasteiger partial charge is 0.493 e. The van der Waals surface area contributed by atoms with Crippen LogP contribution in [0.5, 0.6) is 23.1 Å². The fourth-order valence-electron chi connectivity index (χ4n) is 2.44. The average Bonchev–Trinajstić information content (AvgIpc) is 2.73. The Labute approximate surface area is 173 Å². The molecule has 0 fully saturated rings. The monoisotopic (exact) mass is 411 g/mol. The molecule has 2 aromatic carbocycles. The minimum Gasteiger partial charge on any atom is -0.493 e. The molecule has 3 rings (SSSR count). The highest BCUT2D eigenvalue weighted by Crippen LogP contribution is 2.32. The van der Waals surface area contributed by atoms with Gasteiger partial charge in [0.05, 0.1) is 13.3 Å². The molecule has 1 heterocycles. The van der Waals surface area contributed by atoms with Crippen molar-refractivity contribution in [1.82, 2.24) is 4.98 Å². The van der Waals surface area contributed by atoms with E-state index in [1.807, 2.05) is 24.3 Å². The number of carbonyl (C=O) groups is 1. The zero-order chi connectivity index (χ0) is 20.6. The number of halogens is 1. The second kappa shape index (κ2) is 9.61. The third-order valence-electron chi connectivity index (χ3n) is 3.88. The molecule has 7 heteroatoms. The van der Waals surface area contributed by atoms with Gasteiger partial charge in [0.25, 0.3) is 0 Å². The summed E-state index contributed by atoms with van der Waals surface area (Å²) in [5, 5.41) is 9.37. The van der Waals surface area contributed by atoms with Crippen molar-refractivity contribution in [1.29, 1.82) is 0 Å². The lowest BCUT2D eigenvalue weighted by atomic mass is 10.2. The van der Waals surface area contributed by atoms with Gasteiger partial charge in [-0.2, -0.15) is 0 Å². The van der Waals surface area contributed by atoms with Crippen molar-refractivity contribution >= 4 is 23.6 Å². The summed E-state index contributed by atoms with van der Waals surface area (Å²) in [6.45, 7) is 0.334. The standard InChI is InChI=1S/C22H18ClNO5/c1-27-20-12-15(7-11-22(25)26)6-9-19(20)29-21-10-8-17(13-24-21)28-14-16-4-2-3-5-18(16)23/h2-13H,14H2,1H3,(H,25,26)/b11-7+. The summed E-state index contributed by atoms with van der Waals surface area (Å²) in [4.78, 5) is 14.9. The van der Waals surface area contributed by atoms with Gasteiger partial charge < -0.3 is 19.3 Å². The van der Waals surface area contributed by atoms with E-state index in [4.69, 9.17) is 30.9 Å². The van der Waals surface area contributed by atoms with Crippen LogP contribution in [0.4, 0.5) is 0 Å². The van der Waals surface area contributed by atoms with Gasteiger partial charge >= 0.3 is 5.97 Å². The summed E-state index contributed by atoms with van der Waals surface area (Å²) in [5.74, 6) is 0.835. The molecule has 148 valence electrons. The molecular weight excluding hydrogens is 394 g/mol. The number of pyridine rings is 1. The van der Waals surface area contributed by atoms with Crippen molar-refractivity contribution in [2.24, 2.45) is 0 Å². The van der Waals surface area contributed by atoms with Crippen LogP contribution in [0.1, 0.15) is 11.1 Å². The number of hydrogen-bond donors (Lipinski definition) is 1. The molecule has 0 atom stereocenters. The van der Waals surface area contributed by atoms with E-state index in [1.165, 1.54) is 13.2 Å². The highest BCUT2D eigenvalue weighted by atomic mass is 35.5. The lowest BCUT2D eigenvalue weighted by Crippen LogP contribution is -1.97. The topological polar surface area (TPSA) is 77.9 Å². The molecule has 0 aliphatic heterocycles. The van der Waals surface area contributed by atoms with Crippen LogP contribution in [0, 0.1) is 0 Å². The maximum atomic E-state index is 10.6. The predicted octanol–water partition coefficient (Wildman–Crippen LogP) is 5.21. The molecular formula is C22H18ClNO5. The predicted molar refractivity (Wildman–Crippen MR) is 110 cm³/mol. The number of aromatic nitrogens is 1. The lowest BCUT2D eigenvalue weighted by molar-refractivity contribution is -0.131. The first-order valence-electron chi connectivity index (χ1n) is 8.64. The van der Waals surface area contributed by atoms with Crippen LogP contribution in [0.25, 0.3) is 6.08 Å². The summed E-state index contributed by atoms with van der Waals surface area (Å²) < 4.78 is 16.8. The third-order valence-corrected chi connectivity index (χ3v) is 4.25. The van der Waals surface area contributed by atoms with Gasteiger partial charge in [-0.15, -0.1) is 0 Å². The fraction of sp³-hybridized carbons (Fsp3) is 0.0909. The van der Waals surface area contributed by atoms with Crippen molar-refractivity contribution in [3.8, 4) is 23.1 Å². The second-order valence-electron chi connectivity index (χ2n) is 5.90. The SMILES string of the molecule is COc1cc(/C=C/C(=O)O)ccc1Oc1ccc(OCc2ccccc2Cl)cn1. The molecule has 1 N–H and O–H groups in total. The van der Waals surface area contributed by atoms with Gasteiger partial charge in [-0.05, 0) is 35.9 Å². The summed E-state index contributed by atoms with van der Waals surface area (Å²) in [5.41, 5.74) is 1.56. The first-order chi connectivity index (χ1) is 14.0. The molecule has 0 aliphatic carbocycles. The molecule has 0 radical (unpaired) electrons. The van der Waals surface area contributed by atoms with Crippen LogP contribution in [-0.2, 0) is 11.4 Å². The number of methoxy groups -OCH3 is 1. The van der Waals surface area contributed by atoms with E-state index in [2.05, 4.69) is 4.98 Å². The van der Waals surface area contributed by atoms with Crippen LogP contribution in [0.15, 0.2) is 66.9 Å². The molecule has 0 bridgehead atoms. The minimum atomic E-state index is -1.02. The van der Waals surface area contributed by atoms with E-state index in [0.717, 1.165) is 11.6 Å². The third kappa shape index (κ3) is 5.73. The van der Waals surface area contributed by atoms with Crippen molar-refractivity contribution < 1.29 is 24.1 Å². The van der Waals surface area contributed by atoms with Crippen LogP contribution < -0.4 is 14.2 Å². The first kappa shape index (κ1) is 20.2. The van der Waals surface area contributed by atoms with E-state index in [-0.39, 0.29) is 0 Å². The van der Waals surface area contributed by atoms with E-state index in [1.54, 1.807) is 36.5 Å². The maximum Gasteiger partial charge on any atom is 0.328 e. The van der Waals surface area contributed by atoms with Gasteiger partial charge in [-0.3, -0.25) is 0 Å². The molecule has 0 unspecified atom stereocenters.